The van der Waals surface area contributed by atoms with Crippen LogP contribution < -0.4 is 10.0 Å². The van der Waals surface area contributed by atoms with Gasteiger partial charge in [-0.05, 0) is 35.4 Å². The zero-order valence-electron chi connectivity index (χ0n) is 17.3. The third-order valence-corrected chi connectivity index (χ3v) is 6.12. The average Bonchev–Trinajstić information content (AvgIpc) is 3.04. The first kappa shape index (κ1) is 21.5. The molecule has 3 aromatic rings. The van der Waals surface area contributed by atoms with Crippen molar-refractivity contribution in [1.82, 2.24) is 4.90 Å². The van der Waals surface area contributed by atoms with Gasteiger partial charge in [-0.15, -0.1) is 0 Å². The molecule has 0 saturated heterocycles. The normalized spacial score (nSPS) is 14.2. The molecule has 1 heterocycles. The third-order valence-electron chi connectivity index (χ3n) is 5.19. The van der Waals surface area contributed by atoms with Crippen LogP contribution in [0.5, 0.6) is 0 Å². The fourth-order valence-corrected chi connectivity index (χ4v) is 4.21. The Labute approximate surface area is 186 Å². The molecular formula is C24H21N3O4S. The van der Waals surface area contributed by atoms with Gasteiger partial charge < -0.3 is 4.90 Å². The molecular weight excluding hydrogens is 426 g/mol. The van der Waals surface area contributed by atoms with Crippen molar-refractivity contribution in [3.05, 3.63) is 102 Å². The molecule has 8 heteroatoms. The zero-order chi connectivity index (χ0) is 22.9. The number of likely N-dealkylation sites (N-methyl/N-ethyl adjacent to an activating group) is 1. The summed E-state index contributed by atoms with van der Waals surface area (Å²) >= 11 is 0. The fraction of sp³-hybridized carbons (Fsp3) is 0.0833. The number of primary sulfonamides is 1. The van der Waals surface area contributed by atoms with Gasteiger partial charge in [0.05, 0.1) is 16.2 Å². The Bertz CT molecular complexity index is 1300. The van der Waals surface area contributed by atoms with E-state index < -0.39 is 21.8 Å². The van der Waals surface area contributed by atoms with E-state index in [-0.39, 0.29) is 16.3 Å². The Balaban J connectivity index is 1.76. The summed E-state index contributed by atoms with van der Waals surface area (Å²) in [5, 5.41) is 5.16. The molecule has 0 spiro atoms. The first-order valence-electron chi connectivity index (χ1n) is 9.84. The summed E-state index contributed by atoms with van der Waals surface area (Å²) in [6.45, 7) is 0.434. The van der Waals surface area contributed by atoms with Crippen LogP contribution in [0, 0.1) is 0 Å². The molecule has 0 radical (unpaired) electrons. The molecule has 0 bridgehead atoms. The third kappa shape index (κ3) is 4.05. The van der Waals surface area contributed by atoms with Crippen LogP contribution >= 0.6 is 0 Å². The molecule has 1 aliphatic rings. The second-order valence-electron chi connectivity index (χ2n) is 7.42. The lowest BCUT2D eigenvalue weighted by molar-refractivity contribution is -0.120. The zero-order valence-corrected chi connectivity index (χ0v) is 18.1. The summed E-state index contributed by atoms with van der Waals surface area (Å²) in [6, 6.07) is 24.0. The van der Waals surface area contributed by atoms with Crippen LogP contribution in [0.25, 0.3) is 5.57 Å². The van der Waals surface area contributed by atoms with Crippen LogP contribution in [0.4, 0.5) is 5.69 Å². The van der Waals surface area contributed by atoms with Crippen molar-refractivity contribution >= 4 is 33.1 Å². The van der Waals surface area contributed by atoms with Gasteiger partial charge in [0.25, 0.3) is 11.8 Å². The molecule has 0 atom stereocenters. The maximum Gasteiger partial charge on any atom is 0.282 e. The van der Waals surface area contributed by atoms with E-state index in [1.165, 1.54) is 24.3 Å². The SMILES string of the molecule is CN(Cc1ccccc1)C1=C(c2ccccc2)C(=O)N(c2ccc(S(N)(=O)=O)cc2)C1=O. The molecule has 7 nitrogen and oxygen atoms in total. The molecule has 4 rings (SSSR count). The topological polar surface area (TPSA) is 101 Å². The number of rotatable bonds is 6. The number of nitrogens with two attached hydrogens (primary N) is 1. The van der Waals surface area contributed by atoms with Crippen molar-refractivity contribution < 1.29 is 18.0 Å². The van der Waals surface area contributed by atoms with Crippen LogP contribution in [-0.2, 0) is 26.2 Å². The molecule has 0 unspecified atom stereocenters. The highest BCUT2D eigenvalue weighted by Gasteiger charge is 2.41. The predicted octanol–water partition coefficient (Wildman–Crippen LogP) is 2.75. The number of carbonyl (C=O) groups excluding carboxylic acids is 2. The molecule has 0 fully saturated rings. The Morgan fingerprint density at radius 2 is 1.38 bits per heavy atom. The van der Waals surface area contributed by atoms with Gasteiger partial charge in [0.2, 0.25) is 10.0 Å². The van der Waals surface area contributed by atoms with Gasteiger partial charge in [-0.3, -0.25) is 9.59 Å². The Morgan fingerprint density at radius 3 is 1.94 bits per heavy atom. The van der Waals surface area contributed by atoms with Crippen molar-refractivity contribution in [3.8, 4) is 0 Å². The minimum absolute atomic E-state index is 0.0991. The number of benzene rings is 3. The van der Waals surface area contributed by atoms with Gasteiger partial charge in [0.15, 0.2) is 0 Å². The van der Waals surface area contributed by atoms with E-state index in [0.717, 1.165) is 10.5 Å². The van der Waals surface area contributed by atoms with E-state index in [1.807, 2.05) is 36.4 Å². The Morgan fingerprint density at radius 1 is 0.812 bits per heavy atom. The summed E-state index contributed by atoms with van der Waals surface area (Å²) in [7, 11) is -2.12. The van der Waals surface area contributed by atoms with Gasteiger partial charge in [0.1, 0.15) is 5.70 Å². The standard InChI is InChI=1S/C24H21N3O4S/c1-26(16-17-8-4-2-5-9-17)22-21(18-10-6-3-7-11-18)23(28)27(24(22)29)19-12-14-20(15-13-19)32(25,30)31/h2-15H,16H2,1H3,(H2,25,30,31). The maximum atomic E-state index is 13.5. The molecule has 1 aliphatic heterocycles. The van der Waals surface area contributed by atoms with E-state index >= 15 is 0 Å². The van der Waals surface area contributed by atoms with Gasteiger partial charge in [-0.25, -0.2) is 18.5 Å². The van der Waals surface area contributed by atoms with Crippen LogP contribution in [0.2, 0.25) is 0 Å². The lowest BCUT2D eigenvalue weighted by Gasteiger charge is -2.21. The molecule has 162 valence electrons. The Kier molecular flexibility index (Phi) is 5.65. The fourth-order valence-electron chi connectivity index (χ4n) is 3.69. The van der Waals surface area contributed by atoms with Crippen molar-refractivity contribution in [3.63, 3.8) is 0 Å². The molecule has 0 aliphatic carbocycles. The van der Waals surface area contributed by atoms with Crippen LogP contribution in [0.15, 0.2) is 95.5 Å². The minimum Gasteiger partial charge on any atom is -0.365 e. The monoisotopic (exact) mass is 447 g/mol. The molecule has 2 amide bonds. The second-order valence-corrected chi connectivity index (χ2v) is 8.98. The van der Waals surface area contributed by atoms with Gasteiger partial charge in [-0.2, -0.15) is 0 Å². The van der Waals surface area contributed by atoms with Gasteiger partial charge in [0, 0.05) is 13.6 Å². The molecule has 3 aromatic carbocycles. The van der Waals surface area contributed by atoms with Crippen LogP contribution in [0.3, 0.4) is 0 Å². The van der Waals surface area contributed by atoms with Crippen molar-refractivity contribution in [2.24, 2.45) is 5.14 Å². The van der Waals surface area contributed by atoms with E-state index in [4.69, 9.17) is 5.14 Å². The molecule has 32 heavy (non-hydrogen) atoms. The number of imide groups is 1. The van der Waals surface area contributed by atoms with Crippen molar-refractivity contribution in [1.29, 1.82) is 0 Å². The predicted molar refractivity (Wildman–Crippen MR) is 122 cm³/mol. The van der Waals surface area contributed by atoms with E-state index in [0.29, 0.717) is 17.7 Å². The number of hydrogen-bond acceptors (Lipinski definition) is 5. The lowest BCUT2D eigenvalue weighted by Crippen LogP contribution is -2.34. The van der Waals surface area contributed by atoms with Crippen LogP contribution in [-0.4, -0.2) is 32.2 Å². The minimum atomic E-state index is -3.89. The maximum absolute atomic E-state index is 13.5. The quantitative estimate of drug-likeness (QED) is 0.586. The summed E-state index contributed by atoms with van der Waals surface area (Å²) in [5.41, 5.74) is 2.46. The smallest absolute Gasteiger partial charge is 0.282 e. The number of carbonyl (C=O) groups is 2. The highest BCUT2D eigenvalue weighted by Crippen LogP contribution is 2.35. The first-order valence-corrected chi connectivity index (χ1v) is 11.4. The number of amides is 2. The lowest BCUT2D eigenvalue weighted by atomic mass is 10.0. The molecule has 2 N–H and O–H groups in total. The molecule has 0 saturated carbocycles. The van der Waals surface area contributed by atoms with E-state index in [1.54, 1.807) is 36.2 Å². The summed E-state index contributed by atoms with van der Waals surface area (Å²) in [6.07, 6.45) is 0. The van der Waals surface area contributed by atoms with Crippen molar-refractivity contribution in [2.75, 3.05) is 11.9 Å². The number of sulfonamides is 1. The van der Waals surface area contributed by atoms with Crippen molar-refractivity contribution in [2.45, 2.75) is 11.4 Å². The molecule has 0 aromatic heterocycles. The number of nitrogens with zero attached hydrogens (tertiary/aromatic N) is 2. The number of anilines is 1. The van der Waals surface area contributed by atoms with Gasteiger partial charge >= 0.3 is 0 Å². The largest absolute Gasteiger partial charge is 0.365 e. The van der Waals surface area contributed by atoms with Crippen LogP contribution in [0.1, 0.15) is 11.1 Å². The number of hydrogen-bond donors (Lipinski definition) is 1. The average molecular weight is 448 g/mol. The van der Waals surface area contributed by atoms with E-state index in [2.05, 4.69) is 0 Å². The highest BCUT2D eigenvalue weighted by molar-refractivity contribution is 7.89. The highest BCUT2D eigenvalue weighted by atomic mass is 32.2. The first-order chi connectivity index (χ1) is 15.3. The second kappa shape index (κ2) is 8.41. The summed E-state index contributed by atoms with van der Waals surface area (Å²) in [4.78, 5) is 29.6. The van der Waals surface area contributed by atoms with E-state index in [9.17, 15) is 18.0 Å². The Hall–Kier alpha value is -3.75. The van der Waals surface area contributed by atoms with Gasteiger partial charge in [-0.1, -0.05) is 60.7 Å². The summed E-state index contributed by atoms with van der Waals surface area (Å²) < 4.78 is 23.1. The summed E-state index contributed by atoms with van der Waals surface area (Å²) in [5.74, 6) is -0.949.